The lowest BCUT2D eigenvalue weighted by atomic mass is 10.2. The standard InChI is InChI=1S/C11H7ClN2O2S/c12-8-3-7(4-13)1-2-9(8)14-10(15)5-17-6-11(14)16/h1-3H,5-6H2. The molecule has 1 aromatic rings. The summed E-state index contributed by atoms with van der Waals surface area (Å²) < 4.78 is 0. The Morgan fingerprint density at radius 3 is 2.47 bits per heavy atom. The second-order valence-electron chi connectivity index (χ2n) is 3.39. The number of hydrogen-bond donors (Lipinski definition) is 0. The van der Waals surface area contributed by atoms with Crippen molar-refractivity contribution in [2.75, 3.05) is 16.4 Å². The number of nitrogens with zero attached hydrogens (tertiary/aromatic N) is 2. The third-order valence-electron chi connectivity index (χ3n) is 2.27. The number of nitriles is 1. The highest BCUT2D eigenvalue weighted by Gasteiger charge is 2.29. The summed E-state index contributed by atoms with van der Waals surface area (Å²) in [6.07, 6.45) is 0. The topological polar surface area (TPSA) is 61.2 Å². The molecule has 0 saturated carbocycles. The van der Waals surface area contributed by atoms with E-state index in [1.165, 1.54) is 30.0 Å². The largest absolute Gasteiger partial charge is 0.273 e. The van der Waals surface area contributed by atoms with Gasteiger partial charge in [-0.15, -0.1) is 11.8 Å². The molecule has 0 atom stereocenters. The van der Waals surface area contributed by atoms with Crippen LogP contribution in [0.4, 0.5) is 5.69 Å². The minimum absolute atomic E-state index is 0.234. The Bertz CT molecular complexity index is 523. The highest BCUT2D eigenvalue weighted by atomic mass is 35.5. The quantitative estimate of drug-likeness (QED) is 0.728. The predicted molar refractivity (Wildman–Crippen MR) is 66.0 cm³/mol. The van der Waals surface area contributed by atoms with Crippen LogP contribution in [0.1, 0.15) is 5.56 Å². The molecule has 86 valence electrons. The van der Waals surface area contributed by atoms with Crippen LogP contribution in [0.5, 0.6) is 0 Å². The summed E-state index contributed by atoms with van der Waals surface area (Å²) in [6, 6.07) is 6.44. The molecule has 0 spiro atoms. The first-order valence-electron chi connectivity index (χ1n) is 4.76. The molecule has 1 aliphatic heterocycles. The van der Waals surface area contributed by atoms with Crippen molar-refractivity contribution in [3.8, 4) is 6.07 Å². The molecular formula is C11H7ClN2O2S. The number of rotatable bonds is 1. The van der Waals surface area contributed by atoms with Crippen molar-refractivity contribution in [1.29, 1.82) is 5.26 Å². The molecule has 0 aliphatic carbocycles. The Balaban J connectivity index is 2.42. The summed E-state index contributed by atoms with van der Waals surface area (Å²) in [5.74, 6) is -0.0276. The van der Waals surface area contributed by atoms with Gasteiger partial charge in [0.05, 0.1) is 33.8 Å². The number of benzene rings is 1. The third-order valence-corrected chi connectivity index (χ3v) is 3.47. The van der Waals surface area contributed by atoms with Crippen molar-refractivity contribution in [3.05, 3.63) is 28.8 Å². The Labute approximate surface area is 107 Å². The maximum Gasteiger partial charge on any atom is 0.243 e. The summed E-state index contributed by atoms with van der Waals surface area (Å²) in [5.41, 5.74) is 0.742. The van der Waals surface area contributed by atoms with Gasteiger partial charge in [0.1, 0.15) is 0 Å². The van der Waals surface area contributed by atoms with Gasteiger partial charge in [-0.3, -0.25) is 9.59 Å². The van der Waals surface area contributed by atoms with Gasteiger partial charge < -0.3 is 0 Å². The summed E-state index contributed by atoms with van der Waals surface area (Å²) in [5, 5.41) is 8.94. The number of carbonyl (C=O) groups excluding carboxylic acids is 2. The first-order valence-corrected chi connectivity index (χ1v) is 6.30. The van der Waals surface area contributed by atoms with Crippen molar-refractivity contribution in [2.45, 2.75) is 0 Å². The maximum atomic E-state index is 11.7. The van der Waals surface area contributed by atoms with Gasteiger partial charge in [0.25, 0.3) is 0 Å². The molecule has 17 heavy (non-hydrogen) atoms. The van der Waals surface area contributed by atoms with E-state index in [1.807, 2.05) is 6.07 Å². The van der Waals surface area contributed by atoms with Gasteiger partial charge >= 0.3 is 0 Å². The Morgan fingerprint density at radius 2 is 1.94 bits per heavy atom. The fourth-order valence-corrected chi connectivity index (χ4v) is 2.49. The zero-order valence-corrected chi connectivity index (χ0v) is 10.2. The monoisotopic (exact) mass is 266 g/mol. The van der Waals surface area contributed by atoms with Crippen molar-refractivity contribution >= 4 is 40.9 Å². The van der Waals surface area contributed by atoms with Crippen LogP contribution in [0.25, 0.3) is 0 Å². The Kier molecular flexibility index (Phi) is 3.36. The predicted octanol–water partition coefficient (Wildman–Crippen LogP) is 1.82. The van der Waals surface area contributed by atoms with E-state index in [4.69, 9.17) is 16.9 Å². The molecule has 0 N–H and O–H groups in total. The van der Waals surface area contributed by atoms with Crippen LogP contribution in [0.2, 0.25) is 5.02 Å². The van der Waals surface area contributed by atoms with Crippen LogP contribution in [0.3, 0.4) is 0 Å². The SMILES string of the molecule is N#Cc1ccc(N2C(=O)CSCC2=O)c(Cl)c1. The molecule has 0 radical (unpaired) electrons. The van der Waals surface area contributed by atoms with Gasteiger partial charge in [0, 0.05) is 0 Å². The number of amides is 2. The molecule has 1 saturated heterocycles. The first-order chi connectivity index (χ1) is 8.13. The average molecular weight is 267 g/mol. The Morgan fingerprint density at radius 1 is 1.29 bits per heavy atom. The van der Waals surface area contributed by atoms with E-state index in [0.29, 0.717) is 11.3 Å². The number of carbonyl (C=O) groups is 2. The van der Waals surface area contributed by atoms with E-state index in [9.17, 15) is 9.59 Å². The average Bonchev–Trinajstić information content (AvgIpc) is 2.30. The molecule has 4 nitrogen and oxygen atoms in total. The third kappa shape index (κ3) is 2.28. The smallest absolute Gasteiger partial charge is 0.243 e. The van der Waals surface area contributed by atoms with E-state index in [0.717, 1.165) is 4.90 Å². The van der Waals surface area contributed by atoms with E-state index < -0.39 is 0 Å². The highest BCUT2D eigenvalue weighted by Crippen LogP contribution is 2.29. The van der Waals surface area contributed by atoms with Crippen molar-refractivity contribution in [2.24, 2.45) is 0 Å². The first kappa shape index (κ1) is 12.0. The summed E-state index contributed by atoms with van der Waals surface area (Å²) in [4.78, 5) is 24.4. The Hall–Kier alpha value is -1.51. The van der Waals surface area contributed by atoms with Crippen LogP contribution in [0.15, 0.2) is 18.2 Å². The minimum atomic E-state index is -0.280. The normalized spacial score (nSPS) is 15.9. The van der Waals surface area contributed by atoms with Gasteiger partial charge in [-0.25, -0.2) is 4.90 Å². The number of imide groups is 1. The molecule has 0 aromatic heterocycles. The zero-order valence-electron chi connectivity index (χ0n) is 8.64. The molecule has 0 unspecified atom stereocenters. The molecule has 6 heteroatoms. The van der Waals surface area contributed by atoms with Crippen LogP contribution < -0.4 is 4.90 Å². The van der Waals surface area contributed by atoms with Gasteiger partial charge in [0.15, 0.2) is 0 Å². The van der Waals surface area contributed by atoms with Crippen molar-refractivity contribution in [3.63, 3.8) is 0 Å². The number of hydrogen-bond acceptors (Lipinski definition) is 4. The van der Waals surface area contributed by atoms with E-state index in [2.05, 4.69) is 0 Å². The van der Waals surface area contributed by atoms with E-state index in [1.54, 1.807) is 0 Å². The second-order valence-corrected chi connectivity index (χ2v) is 4.79. The maximum absolute atomic E-state index is 11.7. The summed E-state index contributed by atoms with van der Waals surface area (Å²) in [7, 11) is 0. The summed E-state index contributed by atoms with van der Waals surface area (Å²) in [6.45, 7) is 0. The van der Waals surface area contributed by atoms with Gasteiger partial charge in [0.2, 0.25) is 11.8 Å². The van der Waals surface area contributed by atoms with Gasteiger partial charge in [-0.1, -0.05) is 11.6 Å². The van der Waals surface area contributed by atoms with Crippen LogP contribution in [-0.2, 0) is 9.59 Å². The highest BCUT2D eigenvalue weighted by molar-refractivity contribution is 8.00. The van der Waals surface area contributed by atoms with Crippen LogP contribution in [0, 0.1) is 11.3 Å². The molecule has 1 aliphatic rings. The molecule has 1 heterocycles. The molecule has 0 bridgehead atoms. The van der Waals surface area contributed by atoms with E-state index in [-0.39, 0.29) is 28.3 Å². The van der Waals surface area contributed by atoms with Crippen LogP contribution >= 0.6 is 23.4 Å². The lowest BCUT2D eigenvalue weighted by molar-refractivity contribution is -0.124. The molecular weight excluding hydrogens is 260 g/mol. The fourth-order valence-electron chi connectivity index (χ4n) is 1.52. The number of halogens is 1. The lowest BCUT2D eigenvalue weighted by Gasteiger charge is -2.25. The van der Waals surface area contributed by atoms with Crippen LogP contribution in [-0.4, -0.2) is 23.3 Å². The molecule has 2 amide bonds. The minimum Gasteiger partial charge on any atom is -0.273 e. The van der Waals surface area contributed by atoms with Crippen molar-refractivity contribution < 1.29 is 9.59 Å². The second kappa shape index (κ2) is 4.78. The van der Waals surface area contributed by atoms with E-state index >= 15 is 0 Å². The molecule has 1 fully saturated rings. The molecule has 2 rings (SSSR count). The number of thioether (sulfide) groups is 1. The zero-order chi connectivity index (χ0) is 12.4. The van der Waals surface area contributed by atoms with Gasteiger partial charge in [-0.05, 0) is 18.2 Å². The lowest BCUT2D eigenvalue weighted by Crippen LogP contribution is -2.43. The molecule has 1 aromatic carbocycles. The summed E-state index contributed by atoms with van der Waals surface area (Å²) >= 11 is 7.25. The fraction of sp³-hybridized carbons (Fsp3) is 0.182. The van der Waals surface area contributed by atoms with Gasteiger partial charge in [-0.2, -0.15) is 5.26 Å². The van der Waals surface area contributed by atoms with Crippen molar-refractivity contribution in [1.82, 2.24) is 0 Å². The number of anilines is 1.